The van der Waals surface area contributed by atoms with E-state index in [1.54, 1.807) is 39.8 Å². The topological polar surface area (TPSA) is 128 Å². The maximum atomic E-state index is 13.9. The predicted molar refractivity (Wildman–Crippen MR) is 149 cm³/mol. The number of hydrogen-bond donors (Lipinski definition) is 2. The van der Waals surface area contributed by atoms with Crippen molar-refractivity contribution in [3.05, 3.63) is 35.6 Å². The lowest BCUT2D eigenvalue weighted by Crippen LogP contribution is -2.62. The van der Waals surface area contributed by atoms with Gasteiger partial charge in [-0.1, -0.05) is 12.1 Å². The van der Waals surface area contributed by atoms with Crippen molar-refractivity contribution in [3.8, 4) is 0 Å². The number of carbonyl (C=O) groups excluding carboxylic acids is 5. The third-order valence-electron chi connectivity index (χ3n) is 7.65. The highest BCUT2D eigenvalue weighted by atomic mass is 19.1. The first-order valence-corrected chi connectivity index (χ1v) is 14.1. The van der Waals surface area contributed by atoms with Crippen molar-refractivity contribution >= 4 is 29.7 Å². The molecule has 5 atom stereocenters. The first kappa shape index (κ1) is 32.7. The summed E-state index contributed by atoms with van der Waals surface area (Å²) in [5.41, 5.74) is -0.106. The summed E-state index contributed by atoms with van der Waals surface area (Å²) < 4.78 is 32.0. The van der Waals surface area contributed by atoms with Crippen molar-refractivity contribution in [2.75, 3.05) is 26.8 Å². The quantitative estimate of drug-likeness (QED) is 0.500. The number of carbonyl (C=O) groups is 5. The number of benzene rings is 1. The van der Waals surface area contributed by atoms with Crippen molar-refractivity contribution in [2.24, 2.45) is 0 Å². The van der Waals surface area contributed by atoms with Gasteiger partial charge in [-0.3, -0.25) is 24.1 Å². The molecule has 0 radical (unpaired) electrons. The number of fused-ring (bicyclic) bond motifs is 1. The average Bonchev–Trinajstić information content (AvgIpc) is 3.35. The van der Waals surface area contributed by atoms with Crippen LogP contribution in [0.4, 0.5) is 13.6 Å². The molecule has 0 bridgehead atoms. The highest BCUT2D eigenvalue weighted by Crippen LogP contribution is 2.30. The number of nitrogens with one attached hydrogen (secondary N) is 2. The summed E-state index contributed by atoms with van der Waals surface area (Å²) >= 11 is 0. The summed E-state index contributed by atoms with van der Waals surface area (Å²) in [5, 5.41) is 5.51. The molecule has 2 fully saturated rings. The summed E-state index contributed by atoms with van der Waals surface area (Å²) in [7, 11) is 1.39. The molecule has 1 aromatic rings. The molecule has 13 heteroatoms. The molecular weight excluding hydrogens is 552 g/mol. The van der Waals surface area contributed by atoms with E-state index < -0.39 is 78.0 Å². The Labute approximate surface area is 244 Å². The van der Waals surface area contributed by atoms with E-state index in [0.29, 0.717) is 24.8 Å². The highest BCUT2D eigenvalue weighted by molar-refractivity contribution is 5.95. The van der Waals surface area contributed by atoms with Gasteiger partial charge in [0.2, 0.25) is 17.7 Å². The molecular formula is C29H41F2N5O6. The van der Waals surface area contributed by atoms with Crippen LogP contribution in [0.15, 0.2) is 24.3 Å². The molecule has 0 unspecified atom stereocenters. The lowest BCUT2D eigenvalue weighted by molar-refractivity contribution is -0.147. The fourth-order valence-electron chi connectivity index (χ4n) is 5.15. The SMILES string of the molecule is C[C@@H](NC(=O)[C@@H]1CC[C@@H]2CCN(C(=O)CF)C[C@H](NC(=O)[C@H](C)N(C)C(=O)OC(C)(C)C)C(=O)N21)c1ccc(F)cc1. The number of nitrogens with zero attached hydrogens (tertiary/aromatic N) is 3. The van der Waals surface area contributed by atoms with Crippen LogP contribution in [-0.4, -0.2) is 101 Å². The molecule has 1 aromatic carbocycles. The molecule has 2 heterocycles. The van der Waals surface area contributed by atoms with Gasteiger partial charge in [0.05, 0.1) is 6.04 Å². The van der Waals surface area contributed by atoms with E-state index in [9.17, 15) is 32.8 Å². The first-order valence-electron chi connectivity index (χ1n) is 14.1. The Morgan fingerprint density at radius 3 is 2.33 bits per heavy atom. The number of alkyl halides is 1. The van der Waals surface area contributed by atoms with Crippen LogP contribution < -0.4 is 10.6 Å². The second kappa shape index (κ2) is 13.5. The van der Waals surface area contributed by atoms with Crippen molar-refractivity contribution < 1.29 is 37.5 Å². The van der Waals surface area contributed by atoms with Gasteiger partial charge < -0.3 is 25.2 Å². The minimum atomic E-state index is -1.28. The van der Waals surface area contributed by atoms with Crippen LogP contribution in [0.3, 0.4) is 0 Å². The van der Waals surface area contributed by atoms with E-state index in [2.05, 4.69) is 10.6 Å². The van der Waals surface area contributed by atoms with E-state index >= 15 is 0 Å². The summed E-state index contributed by atoms with van der Waals surface area (Å²) in [6.45, 7) is 6.86. The minimum absolute atomic E-state index is 0.136. The number of rotatable bonds is 7. The van der Waals surface area contributed by atoms with Gasteiger partial charge >= 0.3 is 6.09 Å². The van der Waals surface area contributed by atoms with Crippen molar-refractivity contribution in [1.29, 1.82) is 0 Å². The fraction of sp³-hybridized carbons (Fsp3) is 0.621. The van der Waals surface area contributed by atoms with E-state index in [-0.39, 0.29) is 13.1 Å². The van der Waals surface area contributed by atoms with E-state index in [4.69, 9.17) is 4.74 Å². The Morgan fingerprint density at radius 2 is 1.74 bits per heavy atom. The Kier molecular flexibility index (Phi) is 10.5. The van der Waals surface area contributed by atoms with Gasteiger partial charge in [0, 0.05) is 26.2 Å². The van der Waals surface area contributed by atoms with Crippen LogP contribution in [0, 0.1) is 5.82 Å². The Balaban J connectivity index is 1.81. The molecule has 11 nitrogen and oxygen atoms in total. The number of hydrogen-bond acceptors (Lipinski definition) is 6. The van der Waals surface area contributed by atoms with Gasteiger partial charge in [0.25, 0.3) is 5.91 Å². The standard InChI is InChI=1S/C29H41F2N5O6/c1-17(19-7-9-20(31)10-8-19)32-26(39)23-12-11-21-13-14-35(24(37)15-30)16-22(27(40)36(21)23)33-25(38)18(2)34(6)28(41)42-29(3,4)5/h7-10,17-18,21-23H,11-16H2,1-6H3,(H,32,39)(H,33,38)/t17-,18+,21-,22+,23+/m1/s1. The third-order valence-corrected chi connectivity index (χ3v) is 7.65. The minimum Gasteiger partial charge on any atom is -0.444 e. The first-order chi connectivity index (χ1) is 19.6. The molecule has 2 N–H and O–H groups in total. The lowest BCUT2D eigenvalue weighted by Gasteiger charge is -2.39. The molecule has 3 rings (SSSR count). The number of ether oxygens (including phenoxy) is 1. The molecule has 42 heavy (non-hydrogen) atoms. The maximum Gasteiger partial charge on any atom is 0.410 e. The molecule has 5 amide bonds. The molecule has 0 aliphatic carbocycles. The molecule has 2 saturated heterocycles. The smallest absolute Gasteiger partial charge is 0.410 e. The van der Waals surface area contributed by atoms with Crippen LogP contribution in [-0.2, 0) is 23.9 Å². The van der Waals surface area contributed by atoms with Gasteiger partial charge in [0.1, 0.15) is 29.5 Å². The third kappa shape index (κ3) is 7.95. The highest BCUT2D eigenvalue weighted by Gasteiger charge is 2.46. The zero-order valence-corrected chi connectivity index (χ0v) is 25.0. The number of halogens is 2. The van der Waals surface area contributed by atoms with Gasteiger partial charge in [-0.15, -0.1) is 0 Å². The summed E-state index contributed by atoms with van der Waals surface area (Å²) in [6.07, 6.45) is 0.432. The number of likely N-dealkylation sites (N-methyl/N-ethyl adjacent to an activating group) is 1. The molecule has 0 aromatic heterocycles. The van der Waals surface area contributed by atoms with Crippen molar-refractivity contribution in [3.63, 3.8) is 0 Å². The maximum absolute atomic E-state index is 13.9. The Bertz CT molecular complexity index is 1170. The summed E-state index contributed by atoms with van der Waals surface area (Å²) in [6, 6.07) is 1.68. The number of amides is 5. The molecule has 0 saturated carbocycles. The second-order valence-electron chi connectivity index (χ2n) is 11.9. The van der Waals surface area contributed by atoms with Gasteiger partial charge in [-0.2, -0.15) is 0 Å². The predicted octanol–water partition coefficient (Wildman–Crippen LogP) is 2.30. The zero-order chi connectivity index (χ0) is 31.4. The zero-order valence-electron chi connectivity index (χ0n) is 25.0. The summed E-state index contributed by atoms with van der Waals surface area (Å²) in [5.74, 6) is -2.87. The molecule has 2 aliphatic heterocycles. The Hall–Kier alpha value is -3.77. The lowest BCUT2D eigenvalue weighted by atomic mass is 10.1. The van der Waals surface area contributed by atoms with Crippen molar-refractivity contribution in [2.45, 2.75) is 89.7 Å². The summed E-state index contributed by atoms with van der Waals surface area (Å²) in [4.78, 5) is 69.2. The van der Waals surface area contributed by atoms with Crippen LogP contribution in [0.2, 0.25) is 0 Å². The normalized spacial score (nSPS) is 22.3. The van der Waals surface area contributed by atoms with Crippen LogP contribution in [0.1, 0.15) is 65.5 Å². The monoisotopic (exact) mass is 593 g/mol. The second-order valence-corrected chi connectivity index (χ2v) is 11.9. The van der Waals surface area contributed by atoms with Crippen LogP contribution in [0.5, 0.6) is 0 Å². The van der Waals surface area contributed by atoms with E-state index in [1.165, 1.54) is 35.9 Å². The molecule has 232 valence electrons. The van der Waals surface area contributed by atoms with Gasteiger partial charge in [-0.05, 0) is 71.6 Å². The van der Waals surface area contributed by atoms with Crippen molar-refractivity contribution in [1.82, 2.24) is 25.3 Å². The van der Waals surface area contributed by atoms with E-state index in [1.807, 2.05) is 0 Å². The molecule has 0 spiro atoms. The average molecular weight is 594 g/mol. The fourth-order valence-corrected chi connectivity index (χ4v) is 5.15. The van der Waals surface area contributed by atoms with Crippen LogP contribution >= 0.6 is 0 Å². The van der Waals surface area contributed by atoms with Gasteiger partial charge in [-0.25, -0.2) is 13.6 Å². The van der Waals surface area contributed by atoms with Gasteiger partial charge in [0.15, 0.2) is 6.67 Å². The van der Waals surface area contributed by atoms with E-state index in [0.717, 1.165) is 4.90 Å². The molecule has 2 aliphatic rings. The largest absolute Gasteiger partial charge is 0.444 e. The Morgan fingerprint density at radius 1 is 1.10 bits per heavy atom. The van der Waals surface area contributed by atoms with Crippen LogP contribution in [0.25, 0.3) is 0 Å².